The van der Waals surface area contributed by atoms with Crippen LogP contribution in [-0.4, -0.2) is 82.0 Å². The van der Waals surface area contributed by atoms with Gasteiger partial charge in [0.2, 0.25) is 0 Å². The van der Waals surface area contributed by atoms with Crippen molar-refractivity contribution >= 4 is 5.97 Å². The normalized spacial score (nSPS) is 12.2. The van der Waals surface area contributed by atoms with Crippen molar-refractivity contribution < 1.29 is 30.3 Å². The summed E-state index contributed by atoms with van der Waals surface area (Å²) in [5.74, 6) is -0.689. The van der Waals surface area contributed by atoms with E-state index in [1.165, 1.54) is 25.7 Å². The Hall–Kier alpha value is -0.990. The number of carboxylic acids is 1. The first-order valence-corrected chi connectivity index (χ1v) is 12.1. The predicted molar refractivity (Wildman–Crippen MR) is 126 cm³/mol. The molecule has 0 aromatic carbocycles. The first-order chi connectivity index (χ1) is 15.0. The van der Waals surface area contributed by atoms with E-state index in [1.54, 1.807) is 4.90 Å². The third kappa shape index (κ3) is 29.0. The van der Waals surface area contributed by atoms with E-state index in [-0.39, 0.29) is 25.9 Å². The molecule has 7 heteroatoms. The van der Waals surface area contributed by atoms with Gasteiger partial charge < -0.3 is 25.5 Å². The summed E-state index contributed by atoms with van der Waals surface area (Å²) in [5.41, 5.74) is 0. The fraction of sp³-hybridized carbons (Fsp3) is 0.875. The summed E-state index contributed by atoms with van der Waals surface area (Å²) in [4.78, 5) is 12.1. The number of hydrogen-bond acceptors (Lipinski definition) is 6. The Kier molecular flexibility index (Phi) is 28.1. The van der Waals surface area contributed by atoms with E-state index in [0.717, 1.165) is 51.4 Å². The van der Waals surface area contributed by atoms with Gasteiger partial charge in [-0.05, 0) is 32.1 Å². The van der Waals surface area contributed by atoms with Crippen LogP contribution in [0.2, 0.25) is 0 Å². The second-order valence-electron chi connectivity index (χ2n) is 7.92. The van der Waals surface area contributed by atoms with Crippen LogP contribution in [0.1, 0.15) is 90.4 Å². The van der Waals surface area contributed by atoms with Gasteiger partial charge in [0, 0.05) is 26.1 Å². The van der Waals surface area contributed by atoms with E-state index in [0.29, 0.717) is 26.1 Å². The highest BCUT2D eigenvalue weighted by molar-refractivity contribution is 5.66. The molecule has 0 rings (SSSR count). The highest BCUT2D eigenvalue weighted by atomic mass is 16.4. The van der Waals surface area contributed by atoms with Crippen LogP contribution in [0.15, 0.2) is 12.2 Å². The van der Waals surface area contributed by atoms with Crippen molar-refractivity contribution in [2.75, 3.05) is 39.5 Å². The number of allylic oxidation sites excluding steroid dienone is 1. The molecule has 0 fully saturated rings. The van der Waals surface area contributed by atoms with Gasteiger partial charge in [-0.2, -0.15) is 0 Å². The summed E-state index contributed by atoms with van der Waals surface area (Å²) in [7, 11) is 0. The van der Waals surface area contributed by atoms with E-state index < -0.39 is 5.97 Å². The number of rotatable bonds is 21. The van der Waals surface area contributed by atoms with E-state index in [9.17, 15) is 9.90 Å². The second-order valence-corrected chi connectivity index (χ2v) is 7.92. The van der Waals surface area contributed by atoms with Crippen molar-refractivity contribution in [3.8, 4) is 0 Å². The molecule has 186 valence electrons. The van der Waals surface area contributed by atoms with Crippen molar-refractivity contribution in [3.05, 3.63) is 12.2 Å². The molecule has 0 aliphatic rings. The lowest BCUT2D eigenvalue weighted by atomic mass is 10.1. The Morgan fingerprint density at radius 1 is 0.806 bits per heavy atom. The molecule has 0 spiro atoms. The summed E-state index contributed by atoms with van der Waals surface area (Å²) in [6, 6.07) is 0. The van der Waals surface area contributed by atoms with Crippen LogP contribution >= 0.6 is 0 Å². The van der Waals surface area contributed by atoms with Gasteiger partial charge >= 0.3 is 5.97 Å². The van der Waals surface area contributed by atoms with Crippen LogP contribution in [0, 0.1) is 0 Å². The molecule has 0 amide bonds. The largest absolute Gasteiger partial charge is 0.481 e. The van der Waals surface area contributed by atoms with Crippen molar-refractivity contribution in [2.24, 2.45) is 0 Å². The third-order valence-electron chi connectivity index (χ3n) is 4.98. The van der Waals surface area contributed by atoms with Gasteiger partial charge in [0.25, 0.3) is 0 Å². The molecule has 0 heterocycles. The second kappa shape index (κ2) is 27.0. The minimum atomic E-state index is -0.689. The lowest BCUT2D eigenvalue weighted by Crippen LogP contribution is -2.32. The van der Waals surface area contributed by atoms with Crippen LogP contribution < -0.4 is 0 Å². The number of aliphatic hydroxyl groups is 4. The topological polar surface area (TPSA) is 121 Å². The van der Waals surface area contributed by atoms with E-state index in [4.69, 9.17) is 20.4 Å². The molecule has 0 bridgehead atoms. The van der Waals surface area contributed by atoms with Crippen molar-refractivity contribution in [2.45, 2.75) is 96.5 Å². The van der Waals surface area contributed by atoms with Crippen molar-refractivity contribution in [3.63, 3.8) is 0 Å². The predicted octanol–water partition coefficient (Wildman–Crippen LogP) is 3.34. The molecule has 5 N–H and O–H groups in total. The maximum atomic E-state index is 10.3. The van der Waals surface area contributed by atoms with Gasteiger partial charge in [-0.1, -0.05) is 64.0 Å². The van der Waals surface area contributed by atoms with Crippen molar-refractivity contribution in [1.29, 1.82) is 0 Å². The summed E-state index contributed by atoms with van der Waals surface area (Å²) in [6.45, 7) is 3.95. The van der Waals surface area contributed by atoms with Gasteiger partial charge in [-0.3, -0.25) is 9.69 Å². The maximum absolute atomic E-state index is 10.3. The molecule has 0 aromatic rings. The SMILES string of the molecule is CCCCCCC(O)C/C=C\CCCCCCCC(=O)O.OCCN(CCO)CCO. The van der Waals surface area contributed by atoms with E-state index in [1.807, 2.05) is 0 Å². The van der Waals surface area contributed by atoms with E-state index >= 15 is 0 Å². The van der Waals surface area contributed by atoms with Gasteiger partial charge in [0.05, 0.1) is 25.9 Å². The molecule has 0 saturated heterocycles. The monoisotopic (exact) mass is 447 g/mol. The minimum absolute atomic E-state index is 0.0694. The Labute approximate surface area is 189 Å². The number of aliphatic hydroxyl groups excluding tert-OH is 4. The lowest BCUT2D eigenvalue weighted by Gasteiger charge is -2.17. The summed E-state index contributed by atoms with van der Waals surface area (Å²) in [5, 5.41) is 43.8. The summed E-state index contributed by atoms with van der Waals surface area (Å²) >= 11 is 0. The molecule has 0 aliphatic carbocycles. The van der Waals surface area contributed by atoms with Gasteiger partial charge in [-0.15, -0.1) is 0 Å². The van der Waals surface area contributed by atoms with E-state index in [2.05, 4.69) is 19.1 Å². The first kappa shape index (κ1) is 32.2. The Morgan fingerprint density at radius 2 is 1.35 bits per heavy atom. The number of carbonyl (C=O) groups is 1. The van der Waals surface area contributed by atoms with Crippen LogP contribution in [0.3, 0.4) is 0 Å². The van der Waals surface area contributed by atoms with Gasteiger partial charge in [0.1, 0.15) is 0 Å². The molecule has 7 nitrogen and oxygen atoms in total. The Bertz CT molecular complexity index is 378. The minimum Gasteiger partial charge on any atom is -0.481 e. The quantitative estimate of drug-likeness (QED) is 0.135. The zero-order valence-electron chi connectivity index (χ0n) is 19.8. The number of nitrogens with zero attached hydrogens (tertiary/aromatic N) is 1. The molecule has 0 radical (unpaired) electrons. The third-order valence-corrected chi connectivity index (χ3v) is 4.98. The van der Waals surface area contributed by atoms with Crippen molar-refractivity contribution in [1.82, 2.24) is 4.90 Å². The van der Waals surface area contributed by atoms with Crippen LogP contribution in [0.5, 0.6) is 0 Å². The molecule has 0 aromatic heterocycles. The number of hydrogen-bond donors (Lipinski definition) is 5. The molecular weight excluding hydrogens is 398 g/mol. The fourth-order valence-electron chi connectivity index (χ4n) is 3.12. The Morgan fingerprint density at radius 3 is 1.90 bits per heavy atom. The van der Waals surface area contributed by atoms with Crippen LogP contribution in [-0.2, 0) is 4.79 Å². The van der Waals surface area contributed by atoms with Crippen LogP contribution in [0.25, 0.3) is 0 Å². The smallest absolute Gasteiger partial charge is 0.303 e. The standard InChI is InChI=1S/C18H34O3.C6H15NO3/c1-2-3-4-11-14-17(19)15-12-9-7-5-6-8-10-13-16-18(20)21;8-4-1-7(2-5-9)3-6-10/h9,12,17,19H,2-8,10-11,13-16H2,1H3,(H,20,21);8-10H,1-6H2/b12-9-;. The highest BCUT2D eigenvalue weighted by Gasteiger charge is 2.01. The summed E-state index contributed by atoms with van der Waals surface area (Å²) in [6.07, 6.45) is 17.4. The highest BCUT2D eigenvalue weighted by Crippen LogP contribution is 2.10. The van der Waals surface area contributed by atoms with Crippen LogP contribution in [0.4, 0.5) is 0 Å². The zero-order valence-corrected chi connectivity index (χ0v) is 19.8. The molecule has 1 unspecified atom stereocenters. The molecule has 0 saturated carbocycles. The number of aliphatic carboxylic acids is 1. The zero-order chi connectivity index (χ0) is 23.6. The maximum Gasteiger partial charge on any atom is 0.303 e. The molecule has 31 heavy (non-hydrogen) atoms. The van der Waals surface area contributed by atoms with Gasteiger partial charge in [-0.25, -0.2) is 0 Å². The number of unbranched alkanes of at least 4 members (excludes halogenated alkanes) is 8. The molecule has 1 atom stereocenters. The average Bonchev–Trinajstić information content (AvgIpc) is 2.73. The van der Waals surface area contributed by atoms with Gasteiger partial charge in [0.15, 0.2) is 0 Å². The fourth-order valence-corrected chi connectivity index (χ4v) is 3.12. The number of carboxylic acid groups (broad SMARTS) is 1. The first-order valence-electron chi connectivity index (χ1n) is 12.1. The average molecular weight is 448 g/mol. The lowest BCUT2D eigenvalue weighted by molar-refractivity contribution is -0.137. The Balaban J connectivity index is 0. The molecule has 0 aliphatic heterocycles. The summed E-state index contributed by atoms with van der Waals surface area (Å²) < 4.78 is 0. The molecular formula is C24H49NO6.